The largest absolute Gasteiger partial charge is 0.359 e. The zero-order valence-electron chi connectivity index (χ0n) is 16.2. The number of aromatic amines is 1. The van der Waals surface area contributed by atoms with Crippen LogP contribution in [0, 0.1) is 6.92 Å². The number of piperazine rings is 1. The molecule has 7 nitrogen and oxygen atoms in total. The highest BCUT2D eigenvalue weighted by atomic mass is 16.2. The number of hydrogen-bond donors (Lipinski definition) is 3. The van der Waals surface area contributed by atoms with Crippen LogP contribution in [0.5, 0.6) is 0 Å². The van der Waals surface area contributed by atoms with Crippen molar-refractivity contribution in [2.45, 2.75) is 20.3 Å². The Morgan fingerprint density at radius 2 is 1.93 bits per heavy atom. The van der Waals surface area contributed by atoms with Crippen LogP contribution in [0.15, 0.2) is 29.2 Å². The molecule has 0 spiro atoms. The van der Waals surface area contributed by atoms with Crippen molar-refractivity contribution in [3.8, 4) is 0 Å². The summed E-state index contributed by atoms with van der Waals surface area (Å²) in [5.41, 5.74) is 1.87. The van der Waals surface area contributed by atoms with Crippen LogP contribution in [0.4, 0.5) is 10.5 Å². The fraction of sp³-hybridized carbons (Fsp3) is 0.500. The Hall–Kier alpha value is -2.38. The van der Waals surface area contributed by atoms with Crippen molar-refractivity contribution in [3.05, 3.63) is 40.2 Å². The van der Waals surface area contributed by atoms with E-state index in [-0.39, 0.29) is 17.1 Å². The Labute approximate surface area is 159 Å². The van der Waals surface area contributed by atoms with E-state index in [1.807, 2.05) is 25.1 Å². The summed E-state index contributed by atoms with van der Waals surface area (Å²) in [7, 11) is 0. The van der Waals surface area contributed by atoms with Crippen LogP contribution in [0.3, 0.4) is 0 Å². The summed E-state index contributed by atoms with van der Waals surface area (Å²) >= 11 is 0. The molecule has 0 unspecified atom stereocenters. The first kappa shape index (κ1) is 19.4. The monoisotopic (exact) mass is 371 g/mol. The second-order valence-electron chi connectivity index (χ2n) is 7.09. The Kier molecular flexibility index (Phi) is 6.47. The van der Waals surface area contributed by atoms with Gasteiger partial charge >= 0.3 is 6.03 Å². The number of carbonyl (C=O) groups excluding carboxylic acids is 1. The number of pyridine rings is 1. The second-order valence-corrected chi connectivity index (χ2v) is 7.09. The molecule has 2 aromatic rings. The number of H-pyrrole nitrogens is 1. The number of amides is 2. The number of carbonyl (C=O) groups is 1. The van der Waals surface area contributed by atoms with Gasteiger partial charge in [0.1, 0.15) is 5.69 Å². The highest BCUT2D eigenvalue weighted by molar-refractivity contribution is 5.91. The summed E-state index contributed by atoms with van der Waals surface area (Å²) in [6, 6.07) is 5.30. The van der Waals surface area contributed by atoms with Crippen LogP contribution in [-0.2, 0) is 0 Å². The van der Waals surface area contributed by atoms with Gasteiger partial charge in [-0.2, -0.15) is 0 Å². The smallest absolute Gasteiger partial charge is 0.319 e. The van der Waals surface area contributed by atoms with Crippen molar-refractivity contribution in [1.82, 2.24) is 20.1 Å². The van der Waals surface area contributed by atoms with Gasteiger partial charge in [-0.05, 0) is 38.6 Å². The van der Waals surface area contributed by atoms with Gasteiger partial charge in [-0.15, -0.1) is 0 Å². The molecule has 2 heterocycles. The molecule has 2 amide bonds. The Bertz CT molecular complexity index is 840. The third-order valence-corrected chi connectivity index (χ3v) is 5.13. The van der Waals surface area contributed by atoms with Crippen molar-refractivity contribution in [1.29, 1.82) is 0 Å². The molecule has 1 saturated heterocycles. The summed E-state index contributed by atoms with van der Waals surface area (Å²) < 4.78 is 0. The molecule has 3 rings (SSSR count). The van der Waals surface area contributed by atoms with E-state index in [0.29, 0.717) is 11.9 Å². The lowest BCUT2D eigenvalue weighted by molar-refractivity contribution is 0.136. The molecular formula is C20H29N5O2. The molecule has 0 atom stereocenters. The van der Waals surface area contributed by atoms with Crippen LogP contribution in [-0.4, -0.2) is 66.6 Å². The third-order valence-electron chi connectivity index (χ3n) is 5.13. The molecule has 1 fully saturated rings. The number of benzene rings is 1. The van der Waals surface area contributed by atoms with Gasteiger partial charge in [0.15, 0.2) is 0 Å². The maximum atomic E-state index is 12.5. The Morgan fingerprint density at radius 3 is 2.67 bits per heavy atom. The molecule has 1 aliphatic heterocycles. The summed E-state index contributed by atoms with van der Waals surface area (Å²) in [5.74, 6) is 0. The fourth-order valence-corrected chi connectivity index (χ4v) is 3.43. The molecule has 0 bridgehead atoms. The molecule has 1 aliphatic rings. The van der Waals surface area contributed by atoms with Gasteiger partial charge in [-0.25, -0.2) is 4.79 Å². The quantitative estimate of drug-likeness (QED) is 0.679. The maximum absolute atomic E-state index is 12.5. The summed E-state index contributed by atoms with van der Waals surface area (Å²) in [6.07, 6.45) is 2.44. The molecule has 1 aromatic carbocycles. The SMILES string of the molecule is CCN1CCN(CCCNC(=O)Nc2c[nH]c3ccc(C)cc3c2=O)CC1. The molecule has 27 heavy (non-hydrogen) atoms. The first-order chi connectivity index (χ1) is 13.1. The third kappa shape index (κ3) is 5.08. The van der Waals surface area contributed by atoms with Crippen molar-refractivity contribution in [3.63, 3.8) is 0 Å². The van der Waals surface area contributed by atoms with Crippen molar-refractivity contribution >= 4 is 22.6 Å². The Morgan fingerprint density at radius 1 is 1.19 bits per heavy atom. The first-order valence-corrected chi connectivity index (χ1v) is 9.68. The van der Waals surface area contributed by atoms with E-state index in [9.17, 15) is 9.59 Å². The minimum absolute atomic E-state index is 0.170. The topological polar surface area (TPSA) is 80.5 Å². The van der Waals surface area contributed by atoms with Gasteiger partial charge in [0.2, 0.25) is 5.43 Å². The lowest BCUT2D eigenvalue weighted by atomic mass is 10.1. The van der Waals surface area contributed by atoms with Crippen LogP contribution in [0.2, 0.25) is 0 Å². The molecule has 0 saturated carbocycles. The summed E-state index contributed by atoms with van der Waals surface area (Å²) in [4.78, 5) is 32.6. The standard InChI is InChI=1S/C20H29N5O2/c1-3-24-9-11-25(12-10-24)8-4-7-21-20(27)23-18-14-22-17-6-5-15(2)13-16(17)19(18)26/h5-6,13-14H,3-4,7-12H2,1-2H3,(H,22,26)(H2,21,23,27). The van der Waals surface area contributed by atoms with Gasteiger partial charge in [-0.3, -0.25) is 4.79 Å². The van der Waals surface area contributed by atoms with Crippen LogP contribution >= 0.6 is 0 Å². The van der Waals surface area contributed by atoms with E-state index in [1.54, 1.807) is 6.20 Å². The van der Waals surface area contributed by atoms with E-state index in [4.69, 9.17) is 0 Å². The van der Waals surface area contributed by atoms with Crippen LogP contribution in [0.25, 0.3) is 10.9 Å². The molecule has 3 N–H and O–H groups in total. The average Bonchev–Trinajstić information content (AvgIpc) is 2.68. The van der Waals surface area contributed by atoms with Crippen molar-refractivity contribution < 1.29 is 4.79 Å². The molecule has 1 aromatic heterocycles. The number of urea groups is 1. The number of rotatable bonds is 6. The Balaban J connectivity index is 1.45. The van der Waals surface area contributed by atoms with E-state index in [2.05, 4.69) is 32.3 Å². The molecular weight excluding hydrogens is 342 g/mol. The maximum Gasteiger partial charge on any atom is 0.319 e. The number of hydrogen-bond acceptors (Lipinski definition) is 4. The second kappa shape index (κ2) is 9.01. The van der Waals surface area contributed by atoms with Gasteiger partial charge in [0.05, 0.1) is 0 Å². The number of aromatic nitrogens is 1. The van der Waals surface area contributed by atoms with E-state index < -0.39 is 0 Å². The zero-order valence-corrected chi connectivity index (χ0v) is 16.2. The number of anilines is 1. The van der Waals surface area contributed by atoms with Gasteiger partial charge in [-0.1, -0.05) is 18.6 Å². The van der Waals surface area contributed by atoms with E-state index in [1.165, 1.54) is 0 Å². The predicted molar refractivity (Wildman–Crippen MR) is 109 cm³/mol. The van der Waals surface area contributed by atoms with Crippen LogP contribution in [0.1, 0.15) is 18.9 Å². The molecule has 0 aliphatic carbocycles. The number of aryl methyl sites for hydroxylation is 1. The van der Waals surface area contributed by atoms with Gasteiger partial charge in [0.25, 0.3) is 0 Å². The summed E-state index contributed by atoms with van der Waals surface area (Å²) in [6.45, 7) is 11.2. The van der Waals surface area contributed by atoms with E-state index >= 15 is 0 Å². The van der Waals surface area contributed by atoms with Crippen LogP contribution < -0.4 is 16.1 Å². The normalized spacial score (nSPS) is 15.8. The number of fused-ring (bicyclic) bond motifs is 1. The predicted octanol–water partition coefficient (Wildman–Crippen LogP) is 1.99. The number of nitrogens with zero attached hydrogens (tertiary/aromatic N) is 2. The zero-order chi connectivity index (χ0) is 19.2. The minimum Gasteiger partial charge on any atom is -0.359 e. The number of likely N-dealkylation sites (N-methyl/N-ethyl adjacent to an activating group) is 1. The van der Waals surface area contributed by atoms with Gasteiger partial charge in [0, 0.05) is 49.8 Å². The minimum atomic E-state index is -0.344. The van der Waals surface area contributed by atoms with Gasteiger partial charge < -0.3 is 25.4 Å². The fourth-order valence-electron chi connectivity index (χ4n) is 3.43. The lowest BCUT2D eigenvalue weighted by Gasteiger charge is -2.33. The lowest BCUT2D eigenvalue weighted by Crippen LogP contribution is -2.46. The molecule has 146 valence electrons. The molecule has 7 heteroatoms. The first-order valence-electron chi connectivity index (χ1n) is 9.68. The van der Waals surface area contributed by atoms with Crippen molar-refractivity contribution in [2.24, 2.45) is 0 Å². The molecule has 0 radical (unpaired) electrons. The summed E-state index contributed by atoms with van der Waals surface area (Å²) in [5, 5.41) is 6.08. The average molecular weight is 371 g/mol. The van der Waals surface area contributed by atoms with Crippen molar-refractivity contribution in [2.75, 3.05) is 51.1 Å². The highest BCUT2D eigenvalue weighted by Crippen LogP contribution is 2.12. The number of nitrogens with one attached hydrogen (secondary N) is 3. The van der Waals surface area contributed by atoms with E-state index in [0.717, 1.165) is 56.8 Å². The highest BCUT2D eigenvalue weighted by Gasteiger charge is 2.15.